The minimum Gasteiger partial charge on any atom is -0.349 e. The molecule has 0 aliphatic carbocycles. The van der Waals surface area contributed by atoms with Gasteiger partial charge < -0.3 is 5.32 Å². The van der Waals surface area contributed by atoms with Crippen LogP contribution in [-0.2, 0) is 14.8 Å². The molecule has 0 aromatic heterocycles. The predicted octanol–water partition coefficient (Wildman–Crippen LogP) is 2.32. The molecule has 0 unspecified atom stereocenters. The van der Waals surface area contributed by atoms with Crippen molar-refractivity contribution in [3.8, 4) is 0 Å². The molecule has 0 saturated carbocycles. The Hall–Kier alpha value is -1.40. The maximum Gasteiger partial charge on any atom is 0.224 e. The van der Waals surface area contributed by atoms with Gasteiger partial charge in [-0.1, -0.05) is 37.3 Å². The second-order valence-electron chi connectivity index (χ2n) is 5.98. The monoisotopic (exact) mass is 338 g/mol. The van der Waals surface area contributed by atoms with Crippen LogP contribution in [0.1, 0.15) is 44.7 Å². The van der Waals surface area contributed by atoms with Gasteiger partial charge in [-0.3, -0.25) is 4.79 Å². The van der Waals surface area contributed by atoms with Crippen LogP contribution >= 0.6 is 0 Å². The van der Waals surface area contributed by atoms with E-state index in [2.05, 4.69) is 5.32 Å². The zero-order valence-corrected chi connectivity index (χ0v) is 14.7. The third-order valence-corrected chi connectivity index (χ3v) is 6.29. The van der Waals surface area contributed by atoms with E-state index in [1.54, 1.807) is 6.92 Å². The van der Waals surface area contributed by atoms with Crippen LogP contribution in [0.25, 0.3) is 0 Å². The van der Waals surface area contributed by atoms with Crippen LogP contribution < -0.4 is 5.32 Å². The molecule has 1 aliphatic rings. The quantitative estimate of drug-likeness (QED) is 0.865. The fraction of sp³-hybridized carbons (Fsp3) is 0.588. The van der Waals surface area contributed by atoms with Gasteiger partial charge in [-0.2, -0.15) is 0 Å². The van der Waals surface area contributed by atoms with E-state index in [9.17, 15) is 13.2 Å². The first-order valence-corrected chi connectivity index (χ1v) is 9.92. The molecule has 1 heterocycles. The lowest BCUT2D eigenvalue weighted by molar-refractivity contribution is -0.126. The number of rotatable bonds is 6. The van der Waals surface area contributed by atoms with Crippen molar-refractivity contribution in [1.82, 2.24) is 9.62 Å². The van der Waals surface area contributed by atoms with Crippen molar-refractivity contribution < 1.29 is 13.2 Å². The molecule has 0 bridgehead atoms. The molecular weight excluding hydrogens is 312 g/mol. The number of piperidine rings is 1. The average molecular weight is 338 g/mol. The summed E-state index contributed by atoms with van der Waals surface area (Å²) in [5.74, 6) is -0.220. The molecule has 2 rings (SSSR count). The lowest BCUT2D eigenvalue weighted by Crippen LogP contribution is -2.46. The summed E-state index contributed by atoms with van der Waals surface area (Å²) in [6, 6.07) is 9.85. The Morgan fingerprint density at radius 2 is 2.00 bits per heavy atom. The highest BCUT2D eigenvalue weighted by Gasteiger charge is 2.32. The van der Waals surface area contributed by atoms with Crippen LogP contribution in [0.4, 0.5) is 0 Å². The van der Waals surface area contributed by atoms with Crippen LogP contribution in [0.2, 0.25) is 0 Å². The number of benzene rings is 1. The van der Waals surface area contributed by atoms with Crippen LogP contribution in [0.3, 0.4) is 0 Å². The van der Waals surface area contributed by atoms with Gasteiger partial charge in [-0.05, 0) is 31.7 Å². The van der Waals surface area contributed by atoms with Crippen molar-refractivity contribution in [3.05, 3.63) is 35.9 Å². The smallest absolute Gasteiger partial charge is 0.224 e. The largest absolute Gasteiger partial charge is 0.349 e. The molecule has 1 saturated heterocycles. The van der Waals surface area contributed by atoms with Gasteiger partial charge in [0.2, 0.25) is 15.9 Å². The normalized spacial score (nSPS) is 20.9. The van der Waals surface area contributed by atoms with E-state index in [0.29, 0.717) is 13.1 Å². The molecule has 6 heteroatoms. The van der Waals surface area contributed by atoms with E-state index >= 15 is 0 Å². The summed E-state index contributed by atoms with van der Waals surface area (Å²) in [5.41, 5.74) is 1.08. The zero-order valence-electron chi connectivity index (χ0n) is 13.9. The Morgan fingerprint density at radius 1 is 1.30 bits per heavy atom. The van der Waals surface area contributed by atoms with E-state index in [1.165, 1.54) is 4.31 Å². The Bertz CT molecular complexity index is 616. The highest BCUT2D eigenvalue weighted by Crippen LogP contribution is 2.22. The summed E-state index contributed by atoms with van der Waals surface area (Å²) >= 11 is 0. The summed E-state index contributed by atoms with van der Waals surface area (Å²) in [5, 5.41) is 3.08. The van der Waals surface area contributed by atoms with Crippen LogP contribution in [-0.4, -0.2) is 37.5 Å². The molecule has 0 radical (unpaired) electrons. The van der Waals surface area contributed by atoms with Crippen molar-refractivity contribution in [2.75, 3.05) is 18.8 Å². The minimum absolute atomic E-state index is 0.0261. The maximum absolute atomic E-state index is 12.6. The van der Waals surface area contributed by atoms with Crippen LogP contribution in [0.5, 0.6) is 0 Å². The Kier molecular flexibility index (Phi) is 6.18. The summed E-state index contributed by atoms with van der Waals surface area (Å²) in [4.78, 5) is 12.6. The third kappa shape index (κ3) is 4.54. The first-order chi connectivity index (χ1) is 11.0. The lowest BCUT2D eigenvalue weighted by atomic mass is 9.97. The number of nitrogens with zero attached hydrogens (tertiary/aromatic N) is 1. The predicted molar refractivity (Wildman–Crippen MR) is 91.4 cm³/mol. The maximum atomic E-state index is 12.6. The highest BCUT2D eigenvalue weighted by atomic mass is 32.2. The van der Waals surface area contributed by atoms with Gasteiger partial charge in [0, 0.05) is 13.1 Å². The molecule has 1 aromatic rings. The topological polar surface area (TPSA) is 66.5 Å². The van der Waals surface area contributed by atoms with Crippen molar-refractivity contribution in [2.24, 2.45) is 5.92 Å². The lowest BCUT2D eigenvalue weighted by Gasteiger charge is -2.32. The van der Waals surface area contributed by atoms with E-state index < -0.39 is 10.0 Å². The fourth-order valence-electron chi connectivity index (χ4n) is 2.99. The number of carbonyl (C=O) groups excluding carboxylic acids is 1. The standard InChI is InChI=1S/C17H26N2O3S/c1-3-16(14-9-6-5-7-10-14)18-17(20)15-11-8-12-19(13-15)23(21,22)4-2/h5-7,9-10,15-16H,3-4,8,11-13H2,1-2H3,(H,18,20)/t15-,16-/m0/s1. The van der Waals surface area contributed by atoms with Gasteiger partial charge in [0.25, 0.3) is 0 Å². The van der Waals surface area contributed by atoms with Gasteiger partial charge in [0.1, 0.15) is 0 Å². The van der Waals surface area contributed by atoms with E-state index in [-0.39, 0.29) is 23.6 Å². The SMILES string of the molecule is CC[C@H](NC(=O)[C@H]1CCCN(S(=O)(=O)CC)C1)c1ccccc1. The number of amides is 1. The molecule has 1 aromatic carbocycles. The molecule has 1 fully saturated rings. The van der Waals surface area contributed by atoms with Crippen molar-refractivity contribution in [2.45, 2.75) is 39.2 Å². The molecule has 5 nitrogen and oxygen atoms in total. The molecule has 0 spiro atoms. The summed E-state index contributed by atoms with van der Waals surface area (Å²) in [7, 11) is -3.22. The molecule has 23 heavy (non-hydrogen) atoms. The Labute approximate surface area is 139 Å². The first kappa shape index (κ1) is 17.9. The second kappa shape index (κ2) is 7.93. The molecule has 1 amide bonds. The molecular formula is C17H26N2O3S. The van der Waals surface area contributed by atoms with Crippen molar-refractivity contribution in [1.29, 1.82) is 0 Å². The van der Waals surface area contributed by atoms with Crippen molar-refractivity contribution in [3.63, 3.8) is 0 Å². The minimum atomic E-state index is -3.22. The fourth-order valence-corrected chi connectivity index (χ4v) is 4.17. The second-order valence-corrected chi connectivity index (χ2v) is 8.24. The van der Waals surface area contributed by atoms with E-state index in [4.69, 9.17) is 0 Å². The first-order valence-electron chi connectivity index (χ1n) is 8.31. The Balaban J connectivity index is 2.02. The zero-order chi connectivity index (χ0) is 16.9. The number of hydrogen-bond donors (Lipinski definition) is 1. The molecule has 128 valence electrons. The Morgan fingerprint density at radius 3 is 2.61 bits per heavy atom. The number of hydrogen-bond acceptors (Lipinski definition) is 3. The van der Waals surface area contributed by atoms with Gasteiger partial charge >= 0.3 is 0 Å². The molecule has 1 aliphatic heterocycles. The average Bonchev–Trinajstić information content (AvgIpc) is 2.60. The number of carbonyl (C=O) groups is 1. The number of nitrogens with one attached hydrogen (secondary N) is 1. The summed E-state index contributed by atoms with van der Waals surface area (Å²) in [6.07, 6.45) is 2.28. The summed E-state index contributed by atoms with van der Waals surface area (Å²) in [6.45, 7) is 4.50. The van der Waals surface area contributed by atoms with Crippen molar-refractivity contribution >= 4 is 15.9 Å². The number of sulfonamides is 1. The summed E-state index contributed by atoms with van der Waals surface area (Å²) < 4.78 is 25.5. The molecule has 1 N–H and O–H groups in total. The van der Waals surface area contributed by atoms with Gasteiger partial charge in [0.05, 0.1) is 17.7 Å². The van der Waals surface area contributed by atoms with Gasteiger partial charge in [-0.15, -0.1) is 0 Å². The van der Waals surface area contributed by atoms with E-state index in [1.807, 2.05) is 37.3 Å². The van der Waals surface area contributed by atoms with Gasteiger partial charge in [-0.25, -0.2) is 12.7 Å². The third-order valence-electron chi connectivity index (χ3n) is 4.44. The van der Waals surface area contributed by atoms with Crippen LogP contribution in [0, 0.1) is 5.92 Å². The van der Waals surface area contributed by atoms with Crippen LogP contribution in [0.15, 0.2) is 30.3 Å². The highest BCUT2D eigenvalue weighted by molar-refractivity contribution is 7.89. The van der Waals surface area contributed by atoms with Gasteiger partial charge in [0.15, 0.2) is 0 Å². The van der Waals surface area contributed by atoms with E-state index in [0.717, 1.165) is 24.8 Å². The molecule has 2 atom stereocenters.